The van der Waals surface area contributed by atoms with Crippen LogP contribution in [0.1, 0.15) is 20.8 Å². The molecule has 1 aromatic heterocycles. The number of nitrogens with zero attached hydrogens (tertiary/aromatic N) is 3. The minimum atomic E-state index is -0.588. The molecule has 1 heterocycles. The third-order valence-electron chi connectivity index (χ3n) is 2.56. The molecule has 7 heteroatoms. The van der Waals surface area contributed by atoms with Crippen LogP contribution in [0.25, 0.3) is 11.3 Å². The minimum absolute atomic E-state index is 0.00493. The number of ether oxygens (including phenoxy) is 1. The highest BCUT2D eigenvalue weighted by molar-refractivity contribution is 5.73. The molecule has 110 valence electrons. The van der Waals surface area contributed by atoms with Gasteiger partial charge in [0.05, 0.1) is 10.6 Å². The second-order valence-corrected chi connectivity index (χ2v) is 5.45. The number of benzene rings is 1. The van der Waals surface area contributed by atoms with Gasteiger partial charge < -0.3 is 4.74 Å². The van der Waals surface area contributed by atoms with Gasteiger partial charge in [-0.1, -0.05) is 0 Å². The SMILES string of the molecule is CC(C)(C)OC(=O)n1cnc(-c2ccc([N+](=O)[O-])cc2)c1. The highest BCUT2D eigenvalue weighted by Gasteiger charge is 2.18. The number of hydrogen-bond donors (Lipinski definition) is 0. The number of aromatic nitrogens is 2. The number of hydrogen-bond acceptors (Lipinski definition) is 5. The van der Waals surface area contributed by atoms with E-state index in [9.17, 15) is 14.9 Å². The average molecular weight is 289 g/mol. The number of carbonyl (C=O) groups is 1. The van der Waals surface area contributed by atoms with Gasteiger partial charge in [-0.2, -0.15) is 0 Å². The van der Waals surface area contributed by atoms with Gasteiger partial charge in [0.25, 0.3) is 5.69 Å². The van der Waals surface area contributed by atoms with E-state index in [1.54, 1.807) is 32.9 Å². The molecule has 7 nitrogen and oxygen atoms in total. The first-order valence-electron chi connectivity index (χ1n) is 6.28. The second-order valence-electron chi connectivity index (χ2n) is 5.45. The molecule has 0 saturated carbocycles. The van der Waals surface area contributed by atoms with Gasteiger partial charge in [-0.05, 0) is 32.9 Å². The van der Waals surface area contributed by atoms with Crippen LogP contribution < -0.4 is 0 Å². The van der Waals surface area contributed by atoms with E-state index in [4.69, 9.17) is 4.74 Å². The van der Waals surface area contributed by atoms with Crippen molar-refractivity contribution >= 4 is 11.8 Å². The van der Waals surface area contributed by atoms with E-state index >= 15 is 0 Å². The molecule has 1 aromatic carbocycles. The fourth-order valence-electron chi connectivity index (χ4n) is 1.64. The Morgan fingerprint density at radius 1 is 1.29 bits per heavy atom. The molecule has 0 aliphatic heterocycles. The average Bonchev–Trinajstić information content (AvgIpc) is 2.86. The Balaban J connectivity index is 2.19. The van der Waals surface area contributed by atoms with Gasteiger partial charge in [-0.25, -0.2) is 14.3 Å². The van der Waals surface area contributed by atoms with Crippen LogP contribution in [0.4, 0.5) is 10.5 Å². The van der Waals surface area contributed by atoms with Gasteiger partial charge in [-0.3, -0.25) is 10.1 Å². The van der Waals surface area contributed by atoms with Crippen molar-refractivity contribution in [1.29, 1.82) is 0 Å². The molecule has 0 amide bonds. The van der Waals surface area contributed by atoms with Crippen molar-refractivity contribution < 1.29 is 14.5 Å². The summed E-state index contributed by atoms with van der Waals surface area (Å²) >= 11 is 0. The first-order valence-corrected chi connectivity index (χ1v) is 6.28. The molecule has 0 aliphatic rings. The maximum Gasteiger partial charge on any atom is 0.419 e. The number of carbonyl (C=O) groups excluding carboxylic acids is 1. The fourth-order valence-corrected chi connectivity index (χ4v) is 1.64. The minimum Gasteiger partial charge on any atom is -0.443 e. The smallest absolute Gasteiger partial charge is 0.419 e. The van der Waals surface area contributed by atoms with Crippen LogP contribution in [-0.4, -0.2) is 26.2 Å². The monoisotopic (exact) mass is 289 g/mol. The lowest BCUT2D eigenvalue weighted by atomic mass is 10.1. The van der Waals surface area contributed by atoms with E-state index in [1.165, 1.54) is 29.2 Å². The zero-order chi connectivity index (χ0) is 15.6. The Hall–Kier alpha value is -2.70. The Morgan fingerprint density at radius 3 is 2.43 bits per heavy atom. The zero-order valence-corrected chi connectivity index (χ0v) is 11.9. The number of rotatable bonds is 2. The Bertz CT molecular complexity index is 668. The second kappa shape index (κ2) is 5.35. The van der Waals surface area contributed by atoms with Gasteiger partial charge in [0, 0.05) is 23.9 Å². The summed E-state index contributed by atoms with van der Waals surface area (Å²) < 4.78 is 6.46. The summed E-state index contributed by atoms with van der Waals surface area (Å²) in [5.74, 6) is 0. The van der Waals surface area contributed by atoms with E-state index in [-0.39, 0.29) is 5.69 Å². The summed E-state index contributed by atoms with van der Waals surface area (Å²) in [4.78, 5) is 26.1. The fraction of sp³-hybridized carbons (Fsp3) is 0.286. The van der Waals surface area contributed by atoms with Gasteiger partial charge in [-0.15, -0.1) is 0 Å². The van der Waals surface area contributed by atoms with Crippen LogP contribution in [0.3, 0.4) is 0 Å². The maximum atomic E-state index is 11.9. The molecule has 0 bridgehead atoms. The number of nitro benzene ring substituents is 1. The van der Waals surface area contributed by atoms with E-state index in [0.29, 0.717) is 11.3 Å². The Kier molecular flexibility index (Phi) is 3.75. The number of non-ortho nitro benzene ring substituents is 1. The van der Waals surface area contributed by atoms with E-state index in [2.05, 4.69) is 4.98 Å². The standard InChI is InChI=1S/C14H15N3O4/c1-14(2,3)21-13(18)16-8-12(15-9-16)10-4-6-11(7-5-10)17(19)20/h4-9H,1-3H3. The normalized spacial score (nSPS) is 11.2. The topological polar surface area (TPSA) is 87.3 Å². The first-order chi connectivity index (χ1) is 9.76. The van der Waals surface area contributed by atoms with Crippen molar-refractivity contribution in [1.82, 2.24) is 9.55 Å². The third kappa shape index (κ3) is 3.65. The molecule has 2 rings (SSSR count). The lowest BCUT2D eigenvalue weighted by Crippen LogP contribution is -2.26. The quantitative estimate of drug-likeness (QED) is 0.625. The molecule has 0 atom stereocenters. The Morgan fingerprint density at radius 2 is 1.90 bits per heavy atom. The van der Waals surface area contributed by atoms with E-state index in [0.717, 1.165) is 0 Å². The van der Waals surface area contributed by atoms with Crippen molar-refractivity contribution in [2.45, 2.75) is 26.4 Å². The van der Waals surface area contributed by atoms with Crippen molar-refractivity contribution in [2.75, 3.05) is 0 Å². The summed E-state index contributed by atoms with van der Waals surface area (Å²) in [7, 11) is 0. The molecule has 0 aliphatic carbocycles. The first kappa shape index (κ1) is 14.7. The molecule has 0 radical (unpaired) electrons. The molecular formula is C14H15N3O4. The zero-order valence-electron chi connectivity index (χ0n) is 11.9. The van der Waals surface area contributed by atoms with Crippen LogP contribution in [0.15, 0.2) is 36.8 Å². The largest absolute Gasteiger partial charge is 0.443 e. The van der Waals surface area contributed by atoms with Crippen molar-refractivity contribution in [3.05, 3.63) is 46.9 Å². The molecule has 0 fully saturated rings. The molecule has 0 N–H and O–H groups in total. The summed E-state index contributed by atoms with van der Waals surface area (Å²) in [6, 6.07) is 5.95. The van der Waals surface area contributed by atoms with Crippen molar-refractivity contribution in [3.8, 4) is 11.3 Å². The molecule has 0 saturated heterocycles. The maximum absolute atomic E-state index is 11.9. The van der Waals surface area contributed by atoms with Gasteiger partial charge in [0.1, 0.15) is 11.9 Å². The summed E-state index contributed by atoms with van der Waals surface area (Å²) in [6.45, 7) is 5.33. The van der Waals surface area contributed by atoms with E-state index < -0.39 is 16.6 Å². The van der Waals surface area contributed by atoms with Crippen LogP contribution in [0.2, 0.25) is 0 Å². The molecule has 2 aromatic rings. The lowest BCUT2D eigenvalue weighted by Gasteiger charge is -2.19. The van der Waals surface area contributed by atoms with Crippen LogP contribution >= 0.6 is 0 Å². The highest BCUT2D eigenvalue weighted by atomic mass is 16.6. The van der Waals surface area contributed by atoms with Crippen molar-refractivity contribution in [3.63, 3.8) is 0 Å². The van der Waals surface area contributed by atoms with E-state index in [1.807, 2.05) is 0 Å². The summed E-state index contributed by atoms with van der Waals surface area (Å²) in [6.07, 6.45) is 2.35. The number of nitro groups is 1. The van der Waals surface area contributed by atoms with Crippen LogP contribution in [0, 0.1) is 10.1 Å². The molecule has 21 heavy (non-hydrogen) atoms. The van der Waals surface area contributed by atoms with Gasteiger partial charge in [0.2, 0.25) is 0 Å². The lowest BCUT2D eigenvalue weighted by molar-refractivity contribution is -0.384. The van der Waals surface area contributed by atoms with Crippen LogP contribution in [-0.2, 0) is 4.74 Å². The predicted molar refractivity (Wildman–Crippen MR) is 75.9 cm³/mol. The summed E-state index contributed by atoms with van der Waals surface area (Å²) in [5, 5.41) is 10.6. The molecule has 0 unspecified atom stereocenters. The molecule has 0 spiro atoms. The summed E-state index contributed by atoms with van der Waals surface area (Å²) in [5.41, 5.74) is 0.638. The van der Waals surface area contributed by atoms with Gasteiger partial charge >= 0.3 is 6.09 Å². The third-order valence-corrected chi connectivity index (χ3v) is 2.56. The number of imidazole rings is 1. The van der Waals surface area contributed by atoms with Gasteiger partial charge in [0.15, 0.2) is 0 Å². The van der Waals surface area contributed by atoms with Crippen molar-refractivity contribution in [2.24, 2.45) is 0 Å². The van der Waals surface area contributed by atoms with Crippen LogP contribution in [0.5, 0.6) is 0 Å². The Labute approximate surface area is 121 Å². The predicted octanol–water partition coefficient (Wildman–Crippen LogP) is 3.24. The highest BCUT2D eigenvalue weighted by Crippen LogP contribution is 2.21. The molecular weight excluding hydrogens is 274 g/mol.